The molecule has 0 aliphatic rings. The smallest absolute Gasteiger partial charge is 0.234 e. The summed E-state index contributed by atoms with van der Waals surface area (Å²) in [4.78, 5) is 25.3. The van der Waals surface area contributed by atoms with Gasteiger partial charge in [0.05, 0.1) is 12.2 Å². The molecule has 3 rings (SSSR count). The van der Waals surface area contributed by atoms with Gasteiger partial charge in [0, 0.05) is 25.8 Å². The van der Waals surface area contributed by atoms with Crippen molar-refractivity contribution in [1.29, 1.82) is 0 Å². The van der Waals surface area contributed by atoms with Crippen LogP contribution < -0.4 is 10.6 Å². The molecule has 148 valence electrons. The zero-order valence-corrected chi connectivity index (χ0v) is 18.5. The van der Waals surface area contributed by atoms with Crippen LogP contribution in [0.5, 0.6) is 0 Å². The zero-order valence-electron chi connectivity index (χ0n) is 15.3. The van der Waals surface area contributed by atoms with Crippen molar-refractivity contribution in [1.82, 2.24) is 0 Å². The summed E-state index contributed by atoms with van der Waals surface area (Å²) < 4.78 is 0.958. The second-order valence-corrected chi connectivity index (χ2v) is 8.62. The van der Waals surface area contributed by atoms with E-state index in [1.54, 1.807) is 12.1 Å². The van der Waals surface area contributed by atoms with Gasteiger partial charge in [-0.2, -0.15) is 0 Å². The monoisotopic (exact) mass is 488 g/mol. The molecule has 0 saturated carbocycles. The predicted octanol–water partition coefficient (Wildman–Crippen LogP) is 6.01. The van der Waals surface area contributed by atoms with E-state index in [0.29, 0.717) is 10.7 Å². The Balaban J connectivity index is 1.50. The Labute approximate surface area is 187 Å². The standard InChI is InChI=1S/C22H18BrClN2O2S/c23-16-6-10-18(11-7-16)25-22(28)14-29-20-3-1-2-19(13-20)26-21(27)12-15-4-8-17(24)9-5-15/h1-11,13H,12,14H2,(H,25,28)(H,26,27). The topological polar surface area (TPSA) is 58.2 Å². The summed E-state index contributed by atoms with van der Waals surface area (Å²) in [5, 5.41) is 6.39. The normalized spacial score (nSPS) is 10.4. The highest BCUT2D eigenvalue weighted by Gasteiger charge is 2.07. The van der Waals surface area contributed by atoms with E-state index in [1.165, 1.54) is 11.8 Å². The van der Waals surface area contributed by atoms with Gasteiger partial charge in [0.1, 0.15) is 0 Å². The third-order valence-electron chi connectivity index (χ3n) is 3.89. The maximum atomic E-state index is 12.3. The van der Waals surface area contributed by atoms with E-state index in [0.717, 1.165) is 20.6 Å². The van der Waals surface area contributed by atoms with Crippen molar-refractivity contribution in [3.63, 3.8) is 0 Å². The largest absolute Gasteiger partial charge is 0.326 e. The Bertz CT molecular complexity index is 994. The molecule has 0 unspecified atom stereocenters. The Hall–Kier alpha value is -2.28. The van der Waals surface area contributed by atoms with Crippen molar-refractivity contribution in [2.24, 2.45) is 0 Å². The number of carbonyl (C=O) groups excluding carboxylic acids is 2. The molecule has 0 radical (unpaired) electrons. The van der Waals surface area contributed by atoms with Gasteiger partial charge in [0.2, 0.25) is 11.8 Å². The predicted molar refractivity (Wildman–Crippen MR) is 124 cm³/mol. The molecular formula is C22H18BrClN2O2S. The number of carbonyl (C=O) groups is 2. The number of hydrogen-bond acceptors (Lipinski definition) is 3. The van der Waals surface area contributed by atoms with Gasteiger partial charge >= 0.3 is 0 Å². The highest BCUT2D eigenvalue weighted by molar-refractivity contribution is 9.10. The first-order valence-corrected chi connectivity index (χ1v) is 11.0. The molecule has 3 aromatic rings. The Morgan fingerprint density at radius 1 is 0.862 bits per heavy atom. The number of rotatable bonds is 7. The third-order valence-corrected chi connectivity index (χ3v) is 5.67. The molecule has 0 aliphatic heterocycles. The molecule has 4 nitrogen and oxygen atoms in total. The molecule has 2 amide bonds. The molecule has 0 heterocycles. The van der Waals surface area contributed by atoms with Gasteiger partial charge < -0.3 is 10.6 Å². The van der Waals surface area contributed by atoms with Gasteiger partial charge in [-0.3, -0.25) is 9.59 Å². The number of benzene rings is 3. The highest BCUT2D eigenvalue weighted by Crippen LogP contribution is 2.22. The first kappa shape index (κ1) is 21.4. The van der Waals surface area contributed by atoms with Crippen molar-refractivity contribution >= 4 is 62.5 Å². The van der Waals surface area contributed by atoms with Gasteiger partial charge in [-0.05, 0) is 60.2 Å². The molecule has 0 atom stereocenters. The molecular weight excluding hydrogens is 472 g/mol. The highest BCUT2D eigenvalue weighted by atomic mass is 79.9. The van der Waals surface area contributed by atoms with Gasteiger partial charge in [-0.1, -0.05) is 45.7 Å². The summed E-state index contributed by atoms with van der Waals surface area (Å²) in [5.41, 5.74) is 2.34. The fraction of sp³-hybridized carbons (Fsp3) is 0.0909. The zero-order chi connectivity index (χ0) is 20.6. The minimum Gasteiger partial charge on any atom is -0.326 e. The summed E-state index contributed by atoms with van der Waals surface area (Å²) in [6.45, 7) is 0. The van der Waals surface area contributed by atoms with Crippen molar-refractivity contribution in [3.8, 4) is 0 Å². The first-order chi connectivity index (χ1) is 14.0. The number of thioether (sulfide) groups is 1. The van der Waals surface area contributed by atoms with E-state index in [4.69, 9.17) is 11.6 Å². The van der Waals surface area contributed by atoms with Crippen molar-refractivity contribution in [2.45, 2.75) is 11.3 Å². The lowest BCUT2D eigenvalue weighted by atomic mass is 10.1. The van der Waals surface area contributed by atoms with Crippen LogP contribution in [0.3, 0.4) is 0 Å². The fourth-order valence-electron chi connectivity index (χ4n) is 2.54. The summed E-state index contributed by atoms with van der Waals surface area (Å²) >= 11 is 10.6. The van der Waals surface area contributed by atoms with E-state index in [-0.39, 0.29) is 24.0 Å². The van der Waals surface area contributed by atoms with Gasteiger partial charge in [-0.25, -0.2) is 0 Å². The van der Waals surface area contributed by atoms with Crippen molar-refractivity contribution in [2.75, 3.05) is 16.4 Å². The van der Waals surface area contributed by atoms with E-state index >= 15 is 0 Å². The van der Waals surface area contributed by atoms with Gasteiger partial charge in [0.25, 0.3) is 0 Å². The van der Waals surface area contributed by atoms with Gasteiger partial charge in [-0.15, -0.1) is 11.8 Å². The number of halogens is 2. The van der Waals surface area contributed by atoms with E-state index < -0.39 is 0 Å². The molecule has 0 bridgehead atoms. The minimum atomic E-state index is -0.109. The average Bonchev–Trinajstić information content (AvgIpc) is 2.70. The maximum absolute atomic E-state index is 12.3. The maximum Gasteiger partial charge on any atom is 0.234 e. The lowest BCUT2D eigenvalue weighted by molar-refractivity contribution is -0.115. The van der Waals surface area contributed by atoms with E-state index in [1.807, 2.05) is 60.7 Å². The lowest BCUT2D eigenvalue weighted by Gasteiger charge is -2.08. The Morgan fingerprint density at radius 3 is 2.28 bits per heavy atom. The van der Waals surface area contributed by atoms with Crippen LogP contribution in [0.2, 0.25) is 5.02 Å². The molecule has 2 N–H and O–H groups in total. The Morgan fingerprint density at radius 2 is 1.55 bits per heavy atom. The third kappa shape index (κ3) is 7.24. The van der Waals surface area contributed by atoms with E-state index in [9.17, 15) is 9.59 Å². The van der Waals surface area contributed by atoms with Crippen LogP contribution >= 0.6 is 39.3 Å². The molecule has 0 aromatic heterocycles. The second-order valence-electron chi connectivity index (χ2n) is 6.22. The lowest BCUT2D eigenvalue weighted by Crippen LogP contribution is -2.15. The number of amides is 2. The van der Waals surface area contributed by atoms with Crippen LogP contribution in [0.25, 0.3) is 0 Å². The molecule has 0 saturated heterocycles. The van der Waals surface area contributed by atoms with Crippen molar-refractivity contribution in [3.05, 3.63) is 87.9 Å². The quantitative estimate of drug-likeness (QED) is 0.399. The average molecular weight is 490 g/mol. The van der Waals surface area contributed by atoms with Crippen LogP contribution in [-0.4, -0.2) is 17.6 Å². The van der Waals surface area contributed by atoms with Crippen molar-refractivity contribution < 1.29 is 9.59 Å². The summed E-state index contributed by atoms with van der Waals surface area (Å²) in [6.07, 6.45) is 0.268. The van der Waals surface area contributed by atoms with Crippen LogP contribution in [0.15, 0.2) is 82.2 Å². The van der Waals surface area contributed by atoms with Crippen LogP contribution in [0.4, 0.5) is 11.4 Å². The first-order valence-electron chi connectivity index (χ1n) is 8.80. The van der Waals surface area contributed by atoms with Gasteiger partial charge in [0.15, 0.2) is 0 Å². The number of nitrogens with one attached hydrogen (secondary N) is 2. The van der Waals surface area contributed by atoms with Crippen LogP contribution in [0, 0.1) is 0 Å². The molecule has 3 aromatic carbocycles. The minimum absolute atomic E-state index is 0.0884. The summed E-state index contributed by atoms with van der Waals surface area (Å²) in [6, 6.07) is 22.1. The SMILES string of the molecule is O=C(CSc1cccc(NC(=O)Cc2ccc(Cl)cc2)c1)Nc1ccc(Br)cc1. The summed E-state index contributed by atoms with van der Waals surface area (Å²) in [5.74, 6) is 0.0788. The van der Waals surface area contributed by atoms with E-state index in [2.05, 4.69) is 26.6 Å². The number of hydrogen-bond donors (Lipinski definition) is 2. The fourth-order valence-corrected chi connectivity index (χ4v) is 3.68. The number of anilines is 2. The molecule has 0 spiro atoms. The molecule has 0 fully saturated rings. The molecule has 7 heteroatoms. The van der Waals surface area contributed by atoms with Crippen LogP contribution in [0.1, 0.15) is 5.56 Å². The summed E-state index contributed by atoms with van der Waals surface area (Å²) in [7, 11) is 0. The van der Waals surface area contributed by atoms with Crippen LogP contribution in [-0.2, 0) is 16.0 Å². The molecule has 29 heavy (non-hydrogen) atoms. The second kappa shape index (κ2) is 10.5. The molecule has 0 aliphatic carbocycles. The Kier molecular flexibility index (Phi) is 7.75.